The van der Waals surface area contributed by atoms with E-state index in [2.05, 4.69) is 41.1 Å². The summed E-state index contributed by atoms with van der Waals surface area (Å²) in [5.74, 6) is 2.23. The molecular formula is C21H26N2O2. The third-order valence-electron chi connectivity index (χ3n) is 5.21. The van der Waals surface area contributed by atoms with E-state index in [1.165, 1.54) is 37.1 Å². The predicted octanol–water partition coefficient (Wildman–Crippen LogP) is 3.70. The molecule has 1 atom stereocenters. The average Bonchev–Trinajstić information content (AvgIpc) is 2.65. The first-order chi connectivity index (χ1) is 12.3. The Kier molecular flexibility index (Phi) is 4.88. The van der Waals surface area contributed by atoms with Gasteiger partial charge in [-0.15, -0.1) is 0 Å². The summed E-state index contributed by atoms with van der Waals surface area (Å²) in [6.45, 7) is 6.45. The monoisotopic (exact) mass is 338 g/mol. The normalized spacial score (nSPS) is 21.2. The summed E-state index contributed by atoms with van der Waals surface area (Å²) in [5, 5.41) is 0. The minimum atomic E-state index is 0.0248. The SMILES string of the molecule is CC1CCN(Cc2ccc(CC3COc4cccnc4O3)cc2)CC1. The highest BCUT2D eigenvalue weighted by atomic mass is 16.6. The van der Waals surface area contributed by atoms with Gasteiger partial charge in [-0.3, -0.25) is 4.90 Å². The summed E-state index contributed by atoms with van der Waals surface area (Å²) >= 11 is 0. The van der Waals surface area contributed by atoms with Crippen molar-refractivity contribution in [2.45, 2.75) is 38.8 Å². The number of hydrogen-bond donors (Lipinski definition) is 0. The van der Waals surface area contributed by atoms with Crippen LogP contribution in [0.5, 0.6) is 11.6 Å². The van der Waals surface area contributed by atoms with Crippen molar-refractivity contribution in [2.75, 3.05) is 19.7 Å². The molecule has 0 radical (unpaired) electrons. The van der Waals surface area contributed by atoms with E-state index in [0.717, 1.165) is 24.6 Å². The summed E-state index contributed by atoms with van der Waals surface area (Å²) in [5.41, 5.74) is 2.68. The van der Waals surface area contributed by atoms with E-state index < -0.39 is 0 Å². The van der Waals surface area contributed by atoms with Crippen LogP contribution in [0, 0.1) is 5.92 Å². The Morgan fingerprint density at radius 2 is 1.84 bits per heavy atom. The zero-order valence-electron chi connectivity index (χ0n) is 14.9. The number of likely N-dealkylation sites (tertiary alicyclic amines) is 1. The molecule has 2 aliphatic rings. The third-order valence-corrected chi connectivity index (χ3v) is 5.21. The van der Waals surface area contributed by atoms with Gasteiger partial charge in [0.05, 0.1) is 0 Å². The number of nitrogens with zero attached hydrogens (tertiary/aromatic N) is 2. The Labute approximate surface area is 149 Å². The predicted molar refractivity (Wildman–Crippen MR) is 98.0 cm³/mol. The van der Waals surface area contributed by atoms with Crippen LogP contribution in [0.1, 0.15) is 30.9 Å². The lowest BCUT2D eigenvalue weighted by atomic mass is 9.98. The van der Waals surface area contributed by atoms with Gasteiger partial charge < -0.3 is 9.47 Å². The topological polar surface area (TPSA) is 34.6 Å². The van der Waals surface area contributed by atoms with Crippen molar-refractivity contribution >= 4 is 0 Å². The van der Waals surface area contributed by atoms with Gasteiger partial charge in [-0.25, -0.2) is 4.98 Å². The van der Waals surface area contributed by atoms with E-state index in [0.29, 0.717) is 12.5 Å². The summed E-state index contributed by atoms with van der Waals surface area (Å²) in [7, 11) is 0. The molecule has 4 rings (SSSR count). The summed E-state index contributed by atoms with van der Waals surface area (Å²) in [6.07, 6.45) is 5.26. The lowest BCUT2D eigenvalue weighted by Gasteiger charge is -2.30. The lowest BCUT2D eigenvalue weighted by Crippen LogP contribution is -2.32. The zero-order valence-corrected chi connectivity index (χ0v) is 14.9. The van der Waals surface area contributed by atoms with E-state index in [4.69, 9.17) is 9.47 Å². The minimum absolute atomic E-state index is 0.0248. The van der Waals surface area contributed by atoms with Crippen LogP contribution >= 0.6 is 0 Å². The molecule has 0 spiro atoms. The van der Waals surface area contributed by atoms with Crippen LogP contribution in [0.2, 0.25) is 0 Å². The maximum Gasteiger partial charge on any atom is 0.257 e. The molecule has 132 valence electrons. The number of aromatic nitrogens is 1. The van der Waals surface area contributed by atoms with E-state index >= 15 is 0 Å². The molecule has 1 unspecified atom stereocenters. The fourth-order valence-corrected chi connectivity index (χ4v) is 3.57. The highest BCUT2D eigenvalue weighted by Gasteiger charge is 2.22. The number of rotatable bonds is 4. The van der Waals surface area contributed by atoms with Crippen molar-refractivity contribution < 1.29 is 9.47 Å². The molecule has 1 fully saturated rings. The molecule has 1 saturated heterocycles. The van der Waals surface area contributed by atoms with E-state index in [-0.39, 0.29) is 6.10 Å². The molecule has 0 saturated carbocycles. The molecule has 3 heterocycles. The van der Waals surface area contributed by atoms with Gasteiger partial charge in [0.1, 0.15) is 12.7 Å². The zero-order chi connectivity index (χ0) is 17.1. The van der Waals surface area contributed by atoms with Crippen molar-refractivity contribution in [2.24, 2.45) is 5.92 Å². The quantitative estimate of drug-likeness (QED) is 0.851. The van der Waals surface area contributed by atoms with Crippen molar-refractivity contribution in [1.82, 2.24) is 9.88 Å². The number of piperidine rings is 1. The second-order valence-electron chi connectivity index (χ2n) is 7.34. The number of ether oxygens (including phenoxy) is 2. The largest absolute Gasteiger partial charge is 0.484 e. The highest BCUT2D eigenvalue weighted by molar-refractivity contribution is 5.34. The van der Waals surface area contributed by atoms with Crippen molar-refractivity contribution in [1.29, 1.82) is 0 Å². The molecule has 1 aromatic carbocycles. The van der Waals surface area contributed by atoms with Gasteiger partial charge in [-0.1, -0.05) is 31.2 Å². The maximum absolute atomic E-state index is 5.95. The van der Waals surface area contributed by atoms with Crippen molar-refractivity contribution in [3.8, 4) is 11.6 Å². The van der Waals surface area contributed by atoms with Crippen LogP contribution in [0.25, 0.3) is 0 Å². The first-order valence-electron chi connectivity index (χ1n) is 9.31. The molecule has 4 heteroatoms. The van der Waals surface area contributed by atoms with Gasteiger partial charge in [0.25, 0.3) is 5.88 Å². The Bertz CT molecular complexity index is 693. The van der Waals surface area contributed by atoms with Gasteiger partial charge >= 0.3 is 0 Å². The maximum atomic E-state index is 5.95. The Morgan fingerprint density at radius 1 is 1.08 bits per heavy atom. The molecular weight excluding hydrogens is 312 g/mol. The van der Waals surface area contributed by atoms with Gasteiger partial charge in [0.2, 0.25) is 0 Å². The van der Waals surface area contributed by atoms with Crippen LogP contribution in [-0.4, -0.2) is 35.7 Å². The minimum Gasteiger partial charge on any atom is -0.484 e. The van der Waals surface area contributed by atoms with Crippen molar-refractivity contribution in [3.63, 3.8) is 0 Å². The lowest BCUT2D eigenvalue weighted by molar-refractivity contribution is 0.0852. The first-order valence-corrected chi connectivity index (χ1v) is 9.31. The number of pyridine rings is 1. The molecule has 0 bridgehead atoms. The van der Waals surface area contributed by atoms with E-state index in [1.807, 2.05) is 12.1 Å². The molecule has 1 aromatic heterocycles. The second kappa shape index (κ2) is 7.44. The van der Waals surface area contributed by atoms with E-state index in [1.54, 1.807) is 6.20 Å². The Hall–Kier alpha value is -2.07. The first kappa shape index (κ1) is 16.4. The Morgan fingerprint density at radius 3 is 2.64 bits per heavy atom. The van der Waals surface area contributed by atoms with Crippen LogP contribution in [-0.2, 0) is 13.0 Å². The number of fused-ring (bicyclic) bond motifs is 1. The highest BCUT2D eigenvalue weighted by Crippen LogP contribution is 2.29. The molecule has 2 aromatic rings. The molecule has 0 N–H and O–H groups in total. The van der Waals surface area contributed by atoms with Gasteiger partial charge in [0, 0.05) is 19.2 Å². The second-order valence-corrected chi connectivity index (χ2v) is 7.34. The van der Waals surface area contributed by atoms with Crippen molar-refractivity contribution in [3.05, 3.63) is 53.7 Å². The van der Waals surface area contributed by atoms with Gasteiger partial charge in [-0.2, -0.15) is 0 Å². The molecule has 2 aliphatic heterocycles. The van der Waals surface area contributed by atoms with E-state index in [9.17, 15) is 0 Å². The van der Waals surface area contributed by atoms with Crippen LogP contribution in [0.15, 0.2) is 42.6 Å². The molecule has 25 heavy (non-hydrogen) atoms. The fourth-order valence-electron chi connectivity index (χ4n) is 3.57. The Balaban J connectivity index is 1.32. The summed E-state index contributed by atoms with van der Waals surface area (Å²) < 4.78 is 11.7. The summed E-state index contributed by atoms with van der Waals surface area (Å²) in [4.78, 5) is 6.81. The summed E-state index contributed by atoms with van der Waals surface area (Å²) in [6, 6.07) is 12.7. The van der Waals surface area contributed by atoms with Crippen LogP contribution in [0.4, 0.5) is 0 Å². The third kappa shape index (κ3) is 4.13. The standard InChI is InChI=1S/C21H26N2O2/c1-16-8-11-23(12-9-16)14-18-6-4-17(5-7-18)13-19-15-24-20-3-2-10-22-21(20)25-19/h2-7,10,16,19H,8-9,11-15H2,1H3. The van der Waals surface area contributed by atoms with Gasteiger partial charge in [0.15, 0.2) is 5.75 Å². The molecule has 4 nitrogen and oxygen atoms in total. The average molecular weight is 338 g/mol. The van der Waals surface area contributed by atoms with Crippen LogP contribution < -0.4 is 9.47 Å². The van der Waals surface area contributed by atoms with Gasteiger partial charge in [-0.05, 0) is 55.1 Å². The number of hydrogen-bond acceptors (Lipinski definition) is 4. The smallest absolute Gasteiger partial charge is 0.257 e. The molecule has 0 amide bonds. The van der Waals surface area contributed by atoms with Crippen LogP contribution in [0.3, 0.4) is 0 Å². The number of benzene rings is 1. The fraction of sp³-hybridized carbons (Fsp3) is 0.476. The molecule has 0 aliphatic carbocycles.